The highest BCUT2D eigenvalue weighted by molar-refractivity contribution is 9.10. The molecule has 0 bridgehead atoms. The number of rotatable bonds is 6. The van der Waals surface area contributed by atoms with Gasteiger partial charge in [0, 0.05) is 23.1 Å². The van der Waals surface area contributed by atoms with Crippen molar-refractivity contribution < 1.29 is 0 Å². The molecule has 1 fully saturated rings. The highest BCUT2D eigenvalue weighted by Crippen LogP contribution is 2.25. The summed E-state index contributed by atoms with van der Waals surface area (Å²) in [6.45, 7) is 4.45. The smallest absolute Gasteiger partial charge is 0.0244 e. The Morgan fingerprint density at radius 3 is 2.55 bits per heavy atom. The monoisotopic (exact) mass is 338 g/mol. The van der Waals surface area contributed by atoms with Crippen LogP contribution in [-0.2, 0) is 6.54 Å². The zero-order valence-corrected chi connectivity index (χ0v) is 14.3. The van der Waals surface area contributed by atoms with Crippen molar-refractivity contribution in [2.45, 2.75) is 57.7 Å². The summed E-state index contributed by atoms with van der Waals surface area (Å²) in [5.74, 6) is 0. The third-order valence-corrected chi connectivity index (χ3v) is 5.15. The van der Waals surface area contributed by atoms with Crippen LogP contribution in [0.1, 0.15) is 44.6 Å². The van der Waals surface area contributed by atoms with Gasteiger partial charge in [0.15, 0.2) is 0 Å². The average Bonchev–Trinajstić information content (AvgIpc) is 2.48. The molecule has 0 saturated heterocycles. The van der Waals surface area contributed by atoms with Crippen LogP contribution in [0.3, 0.4) is 0 Å². The molecule has 1 aromatic carbocycles. The first kappa shape index (κ1) is 16.0. The third-order valence-electron chi connectivity index (χ3n) is 4.38. The molecule has 1 N–H and O–H groups in total. The Balaban J connectivity index is 1.80. The van der Waals surface area contributed by atoms with Crippen LogP contribution in [0.2, 0.25) is 0 Å². The lowest BCUT2D eigenvalue weighted by molar-refractivity contribution is 0.167. The Hall–Kier alpha value is -0.380. The minimum Gasteiger partial charge on any atom is -0.314 e. The second-order valence-corrected chi connectivity index (χ2v) is 6.82. The molecule has 0 aliphatic heterocycles. The maximum absolute atomic E-state index is 3.66. The Bertz CT molecular complexity index is 400. The van der Waals surface area contributed by atoms with Crippen LogP contribution in [0.25, 0.3) is 0 Å². The zero-order valence-electron chi connectivity index (χ0n) is 12.7. The molecule has 0 atom stereocenters. The van der Waals surface area contributed by atoms with E-state index in [4.69, 9.17) is 0 Å². The Labute approximate surface area is 132 Å². The summed E-state index contributed by atoms with van der Waals surface area (Å²) in [5.41, 5.74) is 1.39. The Morgan fingerprint density at radius 2 is 1.90 bits per heavy atom. The predicted octanol–water partition coefficient (Wildman–Crippen LogP) is 4.19. The molecule has 1 aliphatic carbocycles. The van der Waals surface area contributed by atoms with Gasteiger partial charge in [-0.3, -0.25) is 4.90 Å². The lowest BCUT2D eigenvalue weighted by Crippen LogP contribution is -2.40. The highest BCUT2D eigenvalue weighted by atomic mass is 79.9. The molecule has 2 nitrogen and oxygen atoms in total. The normalized spacial score (nSPS) is 23.2. The Morgan fingerprint density at radius 1 is 1.20 bits per heavy atom. The van der Waals surface area contributed by atoms with E-state index in [1.54, 1.807) is 0 Å². The Kier molecular flexibility index (Phi) is 6.53. The first-order valence-corrected chi connectivity index (χ1v) is 8.67. The van der Waals surface area contributed by atoms with Crippen molar-refractivity contribution in [2.75, 3.05) is 13.6 Å². The summed E-state index contributed by atoms with van der Waals surface area (Å²) in [6.07, 6.45) is 6.53. The van der Waals surface area contributed by atoms with Crippen molar-refractivity contribution in [3.05, 3.63) is 34.3 Å². The number of benzene rings is 1. The van der Waals surface area contributed by atoms with Crippen molar-refractivity contribution >= 4 is 15.9 Å². The van der Waals surface area contributed by atoms with Gasteiger partial charge in [-0.05, 0) is 57.3 Å². The molecular formula is C17H27BrN2. The number of halogens is 1. The highest BCUT2D eigenvalue weighted by Gasteiger charge is 2.23. The summed E-state index contributed by atoms with van der Waals surface area (Å²) >= 11 is 3.65. The van der Waals surface area contributed by atoms with E-state index >= 15 is 0 Å². The summed E-state index contributed by atoms with van der Waals surface area (Å²) < 4.78 is 1.23. The van der Waals surface area contributed by atoms with Crippen molar-refractivity contribution in [1.29, 1.82) is 0 Å². The summed E-state index contributed by atoms with van der Waals surface area (Å²) in [5, 5.41) is 3.66. The van der Waals surface area contributed by atoms with E-state index in [9.17, 15) is 0 Å². The third kappa shape index (κ3) is 4.57. The van der Waals surface area contributed by atoms with E-state index < -0.39 is 0 Å². The van der Waals surface area contributed by atoms with E-state index in [0.717, 1.165) is 18.6 Å². The topological polar surface area (TPSA) is 15.3 Å². The molecule has 0 heterocycles. The standard InChI is InChI=1S/C17H27BrN2/c1-3-12-19-15-8-10-16(11-9-15)20(2)13-14-6-4-5-7-17(14)18/h4-7,15-16,19H,3,8-13H2,1-2H3. The molecule has 3 heteroatoms. The quantitative estimate of drug-likeness (QED) is 0.836. The van der Waals surface area contributed by atoms with Gasteiger partial charge in [-0.25, -0.2) is 0 Å². The van der Waals surface area contributed by atoms with Gasteiger partial charge in [0.2, 0.25) is 0 Å². The van der Waals surface area contributed by atoms with Crippen LogP contribution < -0.4 is 5.32 Å². The molecule has 20 heavy (non-hydrogen) atoms. The van der Waals surface area contributed by atoms with E-state index in [1.165, 1.54) is 48.7 Å². The molecule has 0 radical (unpaired) electrons. The van der Waals surface area contributed by atoms with Gasteiger partial charge in [-0.2, -0.15) is 0 Å². The largest absolute Gasteiger partial charge is 0.314 e. The molecule has 112 valence electrons. The fraction of sp³-hybridized carbons (Fsp3) is 0.647. The molecule has 1 saturated carbocycles. The van der Waals surface area contributed by atoms with E-state index in [0.29, 0.717) is 0 Å². The maximum Gasteiger partial charge on any atom is 0.0244 e. The molecule has 0 amide bonds. The predicted molar refractivity (Wildman–Crippen MR) is 89.9 cm³/mol. The van der Waals surface area contributed by atoms with Crippen LogP contribution in [0.5, 0.6) is 0 Å². The minimum atomic E-state index is 0.738. The van der Waals surface area contributed by atoms with Gasteiger partial charge in [0.1, 0.15) is 0 Å². The van der Waals surface area contributed by atoms with Gasteiger partial charge < -0.3 is 5.32 Å². The van der Waals surface area contributed by atoms with Gasteiger partial charge in [0.05, 0.1) is 0 Å². The van der Waals surface area contributed by atoms with Crippen molar-refractivity contribution in [2.24, 2.45) is 0 Å². The number of hydrogen-bond acceptors (Lipinski definition) is 2. The van der Waals surface area contributed by atoms with Crippen LogP contribution in [0.15, 0.2) is 28.7 Å². The molecule has 1 aliphatic rings. The summed E-state index contributed by atoms with van der Waals surface area (Å²) in [6, 6.07) is 10.0. The van der Waals surface area contributed by atoms with E-state index in [-0.39, 0.29) is 0 Å². The molecule has 0 unspecified atom stereocenters. The van der Waals surface area contributed by atoms with Crippen LogP contribution in [0.4, 0.5) is 0 Å². The molecule has 0 aromatic heterocycles. The van der Waals surface area contributed by atoms with Crippen molar-refractivity contribution in [3.63, 3.8) is 0 Å². The first-order valence-electron chi connectivity index (χ1n) is 7.87. The number of nitrogens with zero attached hydrogens (tertiary/aromatic N) is 1. The molecule has 0 spiro atoms. The van der Waals surface area contributed by atoms with Gasteiger partial charge in [-0.1, -0.05) is 41.1 Å². The van der Waals surface area contributed by atoms with Crippen molar-refractivity contribution in [3.8, 4) is 0 Å². The van der Waals surface area contributed by atoms with Gasteiger partial charge in [0.25, 0.3) is 0 Å². The van der Waals surface area contributed by atoms with Crippen LogP contribution in [0, 0.1) is 0 Å². The number of nitrogens with one attached hydrogen (secondary N) is 1. The SMILES string of the molecule is CCCNC1CCC(N(C)Cc2ccccc2Br)CC1. The molecule has 2 rings (SSSR count). The fourth-order valence-electron chi connectivity index (χ4n) is 3.09. The molecule has 1 aromatic rings. The molecular weight excluding hydrogens is 312 g/mol. The number of hydrogen-bond donors (Lipinski definition) is 1. The second kappa shape index (κ2) is 8.16. The average molecular weight is 339 g/mol. The lowest BCUT2D eigenvalue weighted by Gasteiger charge is -2.35. The van der Waals surface area contributed by atoms with Crippen LogP contribution >= 0.6 is 15.9 Å². The van der Waals surface area contributed by atoms with Gasteiger partial charge >= 0.3 is 0 Å². The van der Waals surface area contributed by atoms with Crippen molar-refractivity contribution in [1.82, 2.24) is 10.2 Å². The zero-order chi connectivity index (χ0) is 14.4. The first-order chi connectivity index (χ1) is 9.70. The lowest BCUT2D eigenvalue weighted by atomic mass is 9.90. The van der Waals surface area contributed by atoms with E-state index in [2.05, 4.69) is 64.4 Å². The van der Waals surface area contributed by atoms with Crippen LogP contribution in [-0.4, -0.2) is 30.6 Å². The summed E-state index contributed by atoms with van der Waals surface area (Å²) in [7, 11) is 2.27. The fourth-order valence-corrected chi connectivity index (χ4v) is 3.50. The maximum atomic E-state index is 3.66. The second-order valence-electron chi connectivity index (χ2n) is 5.97. The summed E-state index contributed by atoms with van der Waals surface area (Å²) in [4.78, 5) is 2.52. The van der Waals surface area contributed by atoms with Gasteiger partial charge in [-0.15, -0.1) is 0 Å². The van der Waals surface area contributed by atoms with E-state index in [1.807, 2.05) is 0 Å². The minimum absolute atomic E-state index is 0.738.